The predicted octanol–water partition coefficient (Wildman–Crippen LogP) is 3.99. The normalized spacial score (nSPS) is 13.7. The number of ether oxygens (including phenoxy) is 2. The van der Waals surface area contributed by atoms with Gasteiger partial charge in [0.05, 0.1) is 11.0 Å². The first-order valence-corrected chi connectivity index (χ1v) is 8.61. The fourth-order valence-electron chi connectivity index (χ4n) is 2.75. The van der Waals surface area contributed by atoms with Gasteiger partial charge in [-0.2, -0.15) is 0 Å². The predicted molar refractivity (Wildman–Crippen MR) is 101 cm³/mol. The highest BCUT2D eigenvalue weighted by atomic mass is 16.6. The van der Waals surface area contributed by atoms with Gasteiger partial charge in [0.1, 0.15) is 19.0 Å². The second-order valence-electron chi connectivity index (χ2n) is 7.38. The minimum absolute atomic E-state index is 0.0266. The molecule has 2 aromatic carbocycles. The third kappa shape index (κ3) is 3.10. The van der Waals surface area contributed by atoms with E-state index in [-0.39, 0.29) is 5.91 Å². The fourth-order valence-corrected chi connectivity index (χ4v) is 2.75. The van der Waals surface area contributed by atoms with Crippen LogP contribution < -0.4 is 14.8 Å². The Bertz CT molecular complexity index is 943. The number of aromatic amines is 1. The molecule has 0 radical (unpaired) electrons. The van der Waals surface area contributed by atoms with E-state index in [2.05, 4.69) is 15.3 Å². The lowest BCUT2D eigenvalue weighted by Crippen LogP contribution is -2.27. The largest absolute Gasteiger partial charge is 0.486 e. The molecule has 0 saturated carbocycles. The van der Waals surface area contributed by atoms with Crippen LogP contribution in [0.4, 0.5) is 5.69 Å². The van der Waals surface area contributed by atoms with E-state index >= 15 is 0 Å². The number of nitrogens with one attached hydrogen (secondary N) is 2. The lowest BCUT2D eigenvalue weighted by atomic mass is 9.95. The van der Waals surface area contributed by atoms with Gasteiger partial charge in [-0.25, -0.2) is 4.98 Å². The molecule has 1 aliphatic rings. The molecule has 26 heavy (non-hydrogen) atoms. The smallest absolute Gasteiger partial charge is 0.229 e. The molecule has 2 N–H and O–H groups in total. The molecule has 1 aromatic heterocycles. The van der Waals surface area contributed by atoms with Gasteiger partial charge < -0.3 is 19.8 Å². The first-order chi connectivity index (χ1) is 12.4. The van der Waals surface area contributed by atoms with Crippen molar-refractivity contribution in [1.82, 2.24) is 9.97 Å². The molecule has 6 heteroatoms. The molecule has 1 aliphatic heterocycles. The standard InChI is InChI=1S/C20H21N3O3/c1-20(2,3)19(24)21-13-6-4-5-12(9-13)18-22-14-10-16-17(11-15(14)23-18)26-8-7-25-16/h4-6,9-11H,7-8H2,1-3H3,(H,21,24)(H,22,23). The molecule has 134 valence electrons. The van der Waals surface area contributed by atoms with E-state index in [1.165, 1.54) is 0 Å². The quantitative estimate of drug-likeness (QED) is 0.732. The molecule has 0 spiro atoms. The number of carbonyl (C=O) groups is 1. The summed E-state index contributed by atoms with van der Waals surface area (Å²) in [6.45, 7) is 6.76. The van der Waals surface area contributed by atoms with Crippen LogP contribution >= 0.6 is 0 Å². The number of rotatable bonds is 2. The Kier molecular flexibility index (Phi) is 3.83. The zero-order chi connectivity index (χ0) is 18.3. The number of hydrogen-bond donors (Lipinski definition) is 2. The number of hydrogen-bond acceptors (Lipinski definition) is 4. The maximum absolute atomic E-state index is 12.2. The van der Waals surface area contributed by atoms with Crippen molar-refractivity contribution in [1.29, 1.82) is 0 Å². The van der Waals surface area contributed by atoms with E-state index in [0.29, 0.717) is 19.0 Å². The molecule has 0 aliphatic carbocycles. The first kappa shape index (κ1) is 16.4. The van der Waals surface area contributed by atoms with E-state index in [1.807, 2.05) is 57.2 Å². The Hall–Kier alpha value is -3.02. The molecule has 4 rings (SSSR count). The minimum Gasteiger partial charge on any atom is -0.486 e. The van der Waals surface area contributed by atoms with Gasteiger partial charge in [-0.3, -0.25) is 4.79 Å². The van der Waals surface area contributed by atoms with Gasteiger partial charge in [0.15, 0.2) is 11.5 Å². The monoisotopic (exact) mass is 351 g/mol. The van der Waals surface area contributed by atoms with Crippen molar-refractivity contribution < 1.29 is 14.3 Å². The second-order valence-corrected chi connectivity index (χ2v) is 7.38. The summed E-state index contributed by atoms with van der Waals surface area (Å²) in [6, 6.07) is 11.4. The maximum Gasteiger partial charge on any atom is 0.229 e. The SMILES string of the molecule is CC(C)(C)C(=O)Nc1cccc(-c2nc3cc4c(cc3[nH]2)OCCO4)c1. The average molecular weight is 351 g/mol. The van der Waals surface area contributed by atoms with E-state index in [4.69, 9.17) is 9.47 Å². The molecule has 0 unspecified atom stereocenters. The first-order valence-electron chi connectivity index (χ1n) is 8.61. The van der Waals surface area contributed by atoms with Gasteiger partial charge in [0.25, 0.3) is 0 Å². The molecular formula is C20H21N3O3. The summed E-state index contributed by atoms with van der Waals surface area (Å²) < 4.78 is 11.2. The number of carbonyl (C=O) groups excluding carboxylic acids is 1. The Morgan fingerprint density at radius 2 is 1.85 bits per heavy atom. The highest BCUT2D eigenvalue weighted by molar-refractivity contribution is 5.95. The van der Waals surface area contributed by atoms with Crippen LogP contribution in [0.3, 0.4) is 0 Å². The van der Waals surface area contributed by atoms with E-state index in [1.54, 1.807) is 0 Å². The van der Waals surface area contributed by atoms with Gasteiger partial charge in [-0.05, 0) is 12.1 Å². The van der Waals surface area contributed by atoms with Crippen LogP contribution in [0.25, 0.3) is 22.4 Å². The molecule has 0 saturated heterocycles. The molecule has 0 atom stereocenters. The van der Waals surface area contributed by atoms with Crippen molar-refractivity contribution in [3.63, 3.8) is 0 Å². The number of H-pyrrole nitrogens is 1. The van der Waals surface area contributed by atoms with Gasteiger partial charge >= 0.3 is 0 Å². The van der Waals surface area contributed by atoms with Crippen molar-refractivity contribution in [3.8, 4) is 22.9 Å². The number of anilines is 1. The van der Waals surface area contributed by atoms with Gasteiger partial charge in [0, 0.05) is 28.8 Å². The highest BCUT2D eigenvalue weighted by Gasteiger charge is 2.21. The summed E-state index contributed by atoms with van der Waals surface area (Å²) in [5.41, 5.74) is 2.89. The molecular weight excluding hydrogens is 330 g/mol. The topological polar surface area (TPSA) is 76.2 Å². The summed E-state index contributed by atoms with van der Waals surface area (Å²) in [5, 5.41) is 2.95. The van der Waals surface area contributed by atoms with Crippen molar-refractivity contribution in [2.45, 2.75) is 20.8 Å². The van der Waals surface area contributed by atoms with Crippen LogP contribution in [-0.2, 0) is 4.79 Å². The van der Waals surface area contributed by atoms with Crippen molar-refractivity contribution in [2.24, 2.45) is 5.41 Å². The van der Waals surface area contributed by atoms with Crippen LogP contribution in [0.15, 0.2) is 36.4 Å². The summed E-state index contributed by atoms with van der Waals surface area (Å²) in [4.78, 5) is 20.2. The van der Waals surface area contributed by atoms with Crippen LogP contribution in [0, 0.1) is 5.41 Å². The molecule has 1 amide bonds. The molecule has 0 bridgehead atoms. The zero-order valence-corrected chi connectivity index (χ0v) is 15.1. The van der Waals surface area contributed by atoms with Crippen molar-refractivity contribution >= 4 is 22.6 Å². The average Bonchev–Trinajstić information content (AvgIpc) is 3.02. The van der Waals surface area contributed by atoms with Gasteiger partial charge in [0.2, 0.25) is 5.91 Å². The van der Waals surface area contributed by atoms with Crippen molar-refractivity contribution in [2.75, 3.05) is 18.5 Å². The Labute approximate surface area is 151 Å². The fraction of sp³-hybridized carbons (Fsp3) is 0.300. The third-order valence-corrected chi connectivity index (χ3v) is 4.22. The number of imidazole rings is 1. The van der Waals surface area contributed by atoms with Crippen LogP contribution in [0.5, 0.6) is 11.5 Å². The molecule has 2 heterocycles. The minimum atomic E-state index is -0.450. The Morgan fingerprint density at radius 3 is 2.58 bits per heavy atom. The lowest BCUT2D eigenvalue weighted by Gasteiger charge is -2.17. The zero-order valence-electron chi connectivity index (χ0n) is 15.1. The maximum atomic E-state index is 12.2. The third-order valence-electron chi connectivity index (χ3n) is 4.22. The van der Waals surface area contributed by atoms with Crippen molar-refractivity contribution in [3.05, 3.63) is 36.4 Å². The number of benzene rings is 2. The van der Waals surface area contributed by atoms with E-state index in [9.17, 15) is 4.79 Å². The van der Waals surface area contributed by atoms with Crippen LogP contribution in [0.2, 0.25) is 0 Å². The van der Waals surface area contributed by atoms with Crippen LogP contribution in [-0.4, -0.2) is 29.1 Å². The molecule has 0 fully saturated rings. The summed E-state index contributed by atoms with van der Waals surface area (Å²) in [6.07, 6.45) is 0. The van der Waals surface area contributed by atoms with E-state index < -0.39 is 5.41 Å². The van der Waals surface area contributed by atoms with Gasteiger partial charge in [-0.1, -0.05) is 32.9 Å². The summed E-state index contributed by atoms with van der Waals surface area (Å²) in [7, 11) is 0. The Balaban J connectivity index is 1.67. The van der Waals surface area contributed by atoms with E-state index in [0.717, 1.165) is 33.9 Å². The number of aromatic nitrogens is 2. The summed E-state index contributed by atoms with van der Waals surface area (Å²) >= 11 is 0. The number of nitrogens with zero attached hydrogens (tertiary/aromatic N) is 1. The van der Waals surface area contributed by atoms with Gasteiger partial charge in [-0.15, -0.1) is 0 Å². The van der Waals surface area contributed by atoms with Crippen LogP contribution in [0.1, 0.15) is 20.8 Å². The second kappa shape index (κ2) is 6.05. The number of amides is 1. The molecule has 3 aromatic rings. The summed E-state index contributed by atoms with van der Waals surface area (Å²) in [5.74, 6) is 2.15. The molecule has 6 nitrogen and oxygen atoms in total. The number of fused-ring (bicyclic) bond motifs is 2. The Morgan fingerprint density at radius 1 is 1.12 bits per heavy atom. The lowest BCUT2D eigenvalue weighted by molar-refractivity contribution is -0.123. The highest BCUT2D eigenvalue weighted by Crippen LogP contribution is 2.35.